The molecule has 0 aliphatic carbocycles. The summed E-state index contributed by atoms with van der Waals surface area (Å²) in [7, 11) is 3.36. The Bertz CT molecular complexity index is 353. The van der Waals surface area contributed by atoms with E-state index >= 15 is 0 Å². The average Bonchev–Trinajstić information content (AvgIpc) is 2.38. The van der Waals surface area contributed by atoms with Crippen molar-refractivity contribution in [2.24, 2.45) is 0 Å². The Labute approximate surface area is 109 Å². The van der Waals surface area contributed by atoms with Crippen molar-refractivity contribution < 1.29 is 14.2 Å². The third kappa shape index (κ3) is 4.94. The van der Waals surface area contributed by atoms with Crippen molar-refractivity contribution in [2.45, 2.75) is 19.4 Å². The Morgan fingerprint density at radius 2 is 1.78 bits per heavy atom. The van der Waals surface area contributed by atoms with Gasteiger partial charge in [-0.1, -0.05) is 12.1 Å². The third-order valence-electron chi connectivity index (χ3n) is 2.71. The maximum Gasteiger partial charge on any atom is 0.161 e. The van der Waals surface area contributed by atoms with Gasteiger partial charge in [-0.3, -0.25) is 0 Å². The van der Waals surface area contributed by atoms with Crippen LogP contribution in [0.2, 0.25) is 0 Å². The fourth-order valence-electron chi connectivity index (χ4n) is 1.43. The largest absolute Gasteiger partial charge is 0.493 e. The summed E-state index contributed by atoms with van der Waals surface area (Å²) in [5.41, 5.74) is -0.148. The van der Waals surface area contributed by atoms with Gasteiger partial charge in [0.15, 0.2) is 11.5 Å². The van der Waals surface area contributed by atoms with Gasteiger partial charge < -0.3 is 19.5 Å². The van der Waals surface area contributed by atoms with Crippen molar-refractivity contribution in [2.75, 3.05) is 33.9 Å². The summed E-state index contributed by atoms with van der Waals surface area (Å²) in [6, 6.07) is 7.64. The molecule has 0 unspecified atom stereocenters. The van der Waals surface area contributed by atoms with E-state index in [-0.39, 0.29) is 5.60 Å². The highest BCUT2D eigenvalue weighted by Crippen LogP contribution is 2.25. The number of hydrogen-bond donors (Lipinski definition) is 1. The van der Waals surface area contributed by atoms with Gasteiger partial charge in [0.05, 0.1) is 12.7 Å². The molecule has 0 radical (unpaired) electrons. The minimum atomic E-state index is -0.148. The first-order valence-corrected chi connectivity index (χ1v) is 6.11. The molecule has 1 aromatic carbocycles. The van der Waals surface area contributed by atoms with E-state index in [0.29, 0.717) is 6.61 Å². The summed E-state index contributed by atoms with van der Waals surface area (Å²) in [4.78, 5) is 0. The molecule has 0 aromatic heterocycles. The molecule has 1 N–H and O–H groups in total. The quantitative estimate of drug-likeness (QED) is 0.720. The van der Waals surface area contributed by atoms with Crippen molar-refractivity contribution in [3.8, 4) is 11.5 Å². The molecular weight excluding hydrogens is 230 g/mol. The number of benzene rings is 1. The normalized spacial score (nSPS) is 11.3. The zero-order valence-electron chi connectivity index (χ0n) is 11.7. The van der Waals surface area contributed by atoms with Crippen molar-refractivity contribution in [1.82, 2.24) is 5.32 Å². The van der Waals surface area contributed by atoms with Gasteiger partial charge in [0, 0.05) is 20.2 Å². The second-order valence-electron chi connectivity index (χ2n) is 4.64. The van der Waals surface area contributed by atoms with Crippen LogP contribution in [0.3, 0.4) is 0 Å². The van der Waals surface area contributed by atoms with E-state index in [2.05, 4.69) is 5.32 Å². The van der Waals surface area contributed by atoms with Gasteiger partial charge in [0.25, 0.3) is 0 Å². The maximum atomic E-state index is 5.65. The van der Waals surface area contributed by atoms with Crippen LogP contribution >= 0.6 is 0 Å². The minimum Gasteiger partial charge on any atom is -0.493 e. The highest BCUT2D eigenvalue weighted by molar-refractivity contribution is 5.39. The van der Waals surface area contributed by atoms with Crippen LogP contribution in [0.5, 0.6) is 11.5 Å². The summed E-state index contributed by atoms with van der Waals surface area (Å²) >= 11 is 0. The van der Waals surface area contributed by atoms with E-state index < -0.39 is 0 Å². The van der Waals surface area contributed by atoms with Crippen LogP contribution in [-0.2, 0) is 4.74 Å². The Hall–Kier alpha value is -1.26. The van der Waals surface area contributed by atoms with Crippen LogP contribution in [0.1, 0.15) is 13.8 Å². The molecule has 0 amide bonds. The van der Waals surface area contributed by atoms with Gasteiger partial charge in [0.1, 0.15) is 6.61 Å². The predicted molar refractivity (Wildman–Crippen MR) is 72.4 cm³/mol. The Balaban J connectivity index is 2.26. The first-order valence-electron chi connectivity index (χ1n) is 6.11. The number of nitrogens with one attached hydrogen (secondary N) is 1. The second kappa shape index (κ2) is 7.24. The molecule has 0 aliphatic rings. The average molecular weight is 253 g/mol. The number of methoxy groups -OCH3 is 2. The number of rotatable bonds is 8. The zero-order chi connectivity index (χ0) is 13.4. The van der Waals surface area contributed by atoms with Gasteiger partial charge in [-0.2, -0.15) is 0 Å². The molecular formula is C14H23NO3. The van der Waals surface area contributed by atoms with E-state index in [4.69, 9.17) is 14.2 Å². The van der Waals surface area contributed by atoms with Crippen LogP contribution in [0.25, 0.3) is 0 Å². The Morgan fingerprint density at radius 1 is 1.11 bits per heavy atom. The Kier molecular flexibility index (Phi) is 5.95. The standard InChI is InChI=1S/C14H23NO3/c1-14(2,17-4)11-15-9-10-18-13-8-6-5-7-12(13)16-3/h5-8,15H,9-11H2,1-4H3. The first-order chi connectivity index (χ1) is 8.59. The van der Waals surface area contributed by atoms with Crippen LogP contribution < -0.4 is 14.8 Å². The number of hydrogen-bond acceptors (Lipinski definition) is 4. The molecule has 0 fully saturated rings. The first kappa shape index (κ1) is 14.8. The highest BCUT2D eigenvalue weighted by atomic mass is 16.5. The lowest BCUT2D eigenvalue weighted by Crippen LogP contribution is -2.38. The predicted octanol–water partition coefficient (Wildman–Crippen LogP) is 2.09. The third-order valence-corrected chi connectivity index (χ3v) is 2.71. The molecule has 0 aliphatic heterocycles. The van der Waals surface area contributed by atoms with E-state index in [1.54, 1.807) is 14.2 Å². The minimum absolute atomic E-state index is 0.148. The summed E-state index contributed by atoms with van der Waals surface area (Å²) in [5.74, 6) is 1.53. The second-order valence-corrected chi connectivity index (χ2v) is 4.64. The maximum absolute atomic E-state index is 5.65. The van der Waals surface area contributed by atoms with Gasteiger partial charge in [-0.15, -0.1) is 0 Å². The molecule has 102 valence electrons. The molecule has 1 rings (SSSR count). The van der Waals surface area contributed by atoms with Crippen LogP contribution in [0, 0.1) is 0 Å². The van der Waals surface area contributed by atoms with E-state index in [1.807, 2.05) is 38.1 Å². The van der Waals surface area contributed by atoms with E-state index in [1.165, 1.54) is 0 Å². The van der Waals surface area contributed by atoms with Gasteiger partial charge >= 0.3 is 0 Å². The van der Waals surface area contributed by atoms with Crippen LogP contribution in [-0.4, -0.2) is 39.5 Å². The molecule has 0 heterocycles. The van der Waals surface area contributed by atoms with Crippen LogP contribution in [0.15, 0.2) is 24.3 Å². The summed E-state index contributed by atoms with van der Waals surface area (Å²) in [6.45, 7) is 6.24. The molecule has 0 saturated carbocycles. The Morgan fingerprint density at radius 3 is 2.39 bits per heavy atom. The lowest BCUT2D eigenvalue weighted by atomic mass is 10.1. The molecule has 0 saturated heterocycles. The fourth-order valence-corrected chi connectivity index (χ4v) is 1.43. The van der Waals surface area contributed by atoms with Gasteiger partial charge in [0.2, 0.25) is 0 Å². The molecule has 0 bridgehead atoms. The summed E-state index contributed by atoms with van der Waals surface area (Å²) < 4.78 is 16.2. The molecule has 0 atom stereocenters. The molecule has 0 spiro atoms. The van der Waals surface area contributed by atoms with E-state index in [9.17, 15) is 0 Å². The molecule has 4 nitrogen and oxygen atoms in total. The molecule has 18 heavy (non-hydrogen) atoms. The number of para-hydroxylation sites is 2. The van der Waals surface area contributed by atoms with Gasteiger partial charge in [-0.05, 0) is 26.0 Å². The monoisotopic (exact) mass is 253 g/mol. The van der Waals surface area contributed by atoms with E-state index in [0.717, 1.165) is 24.6 Å². The van der Waals surface area contributed by atoms with Crippen molar-refractivity contribution in [3.63, 3.8) is 0 Å². The lowest BCUT2D eigenvalue weighted by molar-refractivity contribution is 0.0229. The van der Waals surface area contributed by atoms with Crippen LogP contribution in [0.4, 0.5) is 0 Å². The highest BCUT2D eigenvalue weighted by Gasteiger charge is 2.14. The van der Waals surface area contributed by atoms with Gasteiger partial charge in [-0.25, -0.2) is 0 Å². The van der Waals surface area contributed by atoms with Crippen molar-refractivity contribution in [1.29, 1.82) is 0 Å². The van der Waals surface area contributed by atoms with Crippen molar-refractivity contribution in [3.05, 3.63) is 24.3 Å². The van der Waals surface area contributed by atoms with Crippen molar-refractivity contribution >= 4 is 0 Å². The summed E-state index contributed by atoms with van der Waals surface area (Å²) in [6.07, 6.45) is 0. The lowest BCUT2D eigenvalue weighted by Gasteiger charge is -2.23. The molecule has 1 aromatic rings. The molecule has 4 heteroatoms. The zero-order valence-corrected chi connectivity index (χ0v) is 11.7. The topological polar surface area (TPSA) is 39.7 Å². The smallest absolute Gasteiger partial charge is 0.161 e. The SMILES string of the molecule is COc1ccccc1OCCNCC(C)(C)OC. The summed E-state index contributed by atoms with van der Waals surface area (Å²) in [5, 5.41) is 3.29. The fraction of sp³-hybridized carbons (Fsp3) is 0.571. The number of ether oxygens (including phenoxy) is 3.